The van der Waals surface area contributed by atoms with Crippen LogP contribution in [0.3, 0.4) is 0 Å². The number of nitrogens with one attached hydrogen (secondary N) is 2. The number of benzene rings is 1. The van der Waals surface area contributed by atoms with E-state index in [-0.39, 0.29) is 16.6 Å². The van der Waals surface area contributed by atoms with E-state index in [0.717, 1.165) is 6.07 Å². The highest BCUT2D eigenvalue weighted by atomic mass is 35.5. The first kappa shape index (κ1) is 17.9. The van der Waals surface area contributed by atoms with Crippen LogP contribution in [-0.4, -0.2) is 16.8 Å². The number of anilines is 1. The van der Waals surface area contributed by atoms with Crippen molar-refractivity contribution in [2.75, 3.05) is 5.32 Å². The summed E-state index contributed by atoms with van der Waals surface area (Å²) in [5.74, 6) is -2.23. The Morgan fingerprint density at radius 3 is 2.50 bits per heavy atom. The molecule has 0 saturated carbocycles. The summed E-state index contributed by atoms with van der Waals surface area (Å²) in [6.45, 7) is 3.83. The van der Waals surface area contributed by atoms with Gasteiger partial charge in [-0.3, -0.25) is 14.6 Å². The predicted octanol–water partition coefficient (Wildman–Crippen LogP) is 3.33. The summed E-state index contributed by atoms with van der Waals surface area (Å²) in [7, 11) is 0. The third-order valence-corrected chi connectivity index (χ3v) is 3.63. The van der Waals surface area contributed by atoms with Gasteiger partial charge in [-0.2, -0.15) is 0 Å². The van der Waals surface area contributed by atoms with Crippen molar-refractivity contribution < 1.29 is 14.0 Å². The van der Waals surface area contributed by atoms with E-state index in [9.17, 15) is 14.0 Å². The van der Waals surface area contributed by atoms with Crippen molar-refractivity contribution in [3.05, 3.63) is 59.1 Å². The molecule has 2 N–H and O–H groups in total. The lowest BCUT2D eigenvalue weighted by atomic mass is 10.0. The molecule has 0 spiro atoms. The van der Waals surface area contributed by atoms with Crippen LogP contribution in [0.25, 0.3) is 0 Å². The molecule has 126 valence electrons. The van der Waals surface area contributed by atoms with Gasteiger partial charge in [-0.05, 0) is 36.2 Å². The van der Waals surface area contributed by atoms with Crippen LogP contribution in [0.1, 0.15) is 25.6 Å². The molecule has 0 aliphatic rings. The lowest BCUT2D eigenvalue weighted by Gasteiger charge is -2.21. The highest BCUT2D eigenvalue weighted by molar-refractivity contribution is 6.40. The van der Waals surface area contributed by atoms with E-state index in [1.807, 2.05) is 19.9 Å². The van der Waals surface area contributed by atoms with Crippen LogP contribution in [0.4, 0.5) is 10.1 Å². The van der Waals surface area contributed by atoms with E-state index < -0.39 is 23.7 Å². The smallest absolute Gasteiger partial charge is 0.313 e. The number of halogens is 2. The Hall–Kier alpha value is -2.47. The highest BCUT2D eigenvalue weighted by Crippen LogP contribution is 2.21. The normalized spacial score (nSPS) is 11.9. The molecule has 2 rings (SSSR count). The number of nitrogens with zero attached hydrogens (tertiary/aromatic N) is 1. The fraction of sp³-hybridized carbons (Fsp3) is 0.235. The molecular formula is C17H17ClFN3O2. The molecule has 7 heteroatoms. The Morgan fingerprint density at radius 1 is 1.17 bits per heavy atom. The van der Waals surface area contributed by atoms with Gasteiger partial charge >= 0.3 is 11.8 Å². The second kappa shape index (κ2) is 7.88. The van der Waals surface area contributed by atoms with E-state index in [0.29, 0.717) is 5.69 Å². The van der Waals surface area contributed by atoms with Crippen LogP contribution in [0, 0.1) is 11.7 Å². The monoisotopic (exact) mass is 349 g/mol. The molecule has 5 nitrogen and oxygen atoms in total. The maximum absolute atomic E-state index is 13.1. The molecule has 0 radical (unpaired) electrons. The summed E-state index contributed by atoms with van der Waals surface area (Å²) in [6, 6.07) is 8.63. The summed E-state index contributed by atoms with van der Waals surface area (Å²) in [5, 5.41) is 4.90. The van der Waals surface area contributed by atoms with Gasteiger partial charge in [-0.1, -0.05) is 31.5 Å². The summed E-state index contributed by atoms with van der Waals surface area (Å²) < 4.78 is 13.1. The molecule has 1 aromatic carbocycles. The van der Waals surface area contributed by atoms with Gasteiger partial charge in [0.2, 0.25) is 0 Å². The van der Waals surface area contributed by atoms with Crippen LogP contribution < -0.4 is 10.6 Å². The number of pyridine rings is 1. The molecule has 2 amide bonds. The van der Waals surface area contributed by atoms with Gasteiger partial charge in [0, 0.05) is 11.9 Å². The number of carbonyl (C=O) groups is 2. The van der Waals surface area contributed by atoms with Crippen LogP contribution in [0.5, 0.6) is 0 Å². The van der Waals surface area contributed by atoms with Gasteiger partial charge in [-0.25, -0.2) is 4.39 Å². The molecule has 1 heterocycles. The fourth-order valence-corrected chi connectivity index (χ4v) is 2.29. The summed E-state index contributed by atoms with van der Waals surface area (Å²) in [5.41, 5.74) is 0.902. The standard InChI is InChI=1S/C17H17ClFN3O2/c1-10(2)15(14-5-3-4-8-20-14)22-17(24)16(23)21-11-6-7-13(19)12(18)9-11/h3-10,15H,1-2H3,(H,21,23)(H,22,24). The van der Waals surface area contributed by atoms with E-state index in [1.165, 1.54) is 12.1 Å². The van der Waals surface area contributed by atoms with Crippen molar-refractivity contribution in [1.29, 1.82) is 0 Å². The largest absolute Gasteiger partial charge is 0.339 e. The van der Waals surface area contributed by atoms with Crippen LogP contribution >= 0.6 is 11.6 Å². The number of hydrogen-bond donors (Lipinski definition) is 2. The summed E-state index contributed by atoms with van der Waals surface area (Å²) in [4.78, 5) is 28.4. The zero-order valence-electron chi connectivity index (χ0n) is 13.2. The predicted molar refractivity (Wildman–Crippen MR) is 90.0 cm³/mol. The second-order valence-electron chi connectivity index (χ2n) is 5.53. The van der Waals surface area contributed by atoms with Gasteiger partial charge in [-0.15, -0.1) is 0 Å². The molecule has 0 bridgehead atoms. The van der Waals surface area contributed by atoms with E-state index >= 15 is 0 Å². The molecular weight excluding hydrogens is 333 g/mol. The molecule has 2 aromatic rings. The first-order valence-corrected chi connectivity index (χ1v) is 7.74. The minimum atomic E-state index is -0.862. The van der Waals surface area contributed by atoms with E-state index in [2.05, 4.69) is 15.6 Å². The number of carbonyl (C=O) groups excluding carboxylic acids is 2. The molecule has 24 heavy (non-hydrogen) atoms. The fourth-order valence-electron chi connectivity index (χ4n) is 2.11. The van der Waals surface area contributed by atoms with Crippen LogP contribution in [-0.2, 0) is 9.59 Å². The number of rotatable bonds is 4. The number of hydrogen-bond acceptors (Lipinski definition) is 3. The zero-order chi connectivity index (χ0) is 17.7. The Morgan fingerprint density at radius 2 is 1.92 bits per heavy atom. The quantitative estimate of drug-likeness (QED) is 0.832. The van der Waals surface area contributed by atoms with Crippen LogP contribution in [0.2, 0.25) is 5.02 Å². The first-order valence-electron chi connectivity index (χ1n) is 7.36. The summed E-state index contributed by atoms with van der Waals surface area (Å²) >= 11 is 5.65. The Kier molecular flexibility index (Phi) is 5.87. The van der Waals surface area contributed by atoms with Crippen molar-refractivity contribution in [3.63, 3.8) is 0 Å². The van der Waals surface area contributed by atoms with Crippen molar-refractivity contribution in [3.8, 4) is 0 Å². The minimum Gasteiger partial charge on any atom is -0.339 e. The summed E-state index contributed by atoms with van der Waals surface area (Å²) in [6.07, 6.45) is 1.62. The van der Waals surface area contributed by atoms with Crippen molar-refractivity contribution >= 4 is 29.1 Å². The third-order valence-electron chi connectivity index (χ3n) is 3.34. The van der Waals surface area contributed by atoms with E-state index in [4.69, 9.17) is 11.6 Å². The molecule has 1 aromatic heterocycles. The first-order chi connectivity index (χ1) is 11.4. The lowest BCUT2D eigenvalue weighted by molar-refractivity contribution is -0.136. The van der Waals surface area contributed by atoms with Crippen molar-refractivity contribution in [1.82, 2.24) is 10.3 Å². The Balaban J connectivity index is 2.06. The Labute approximate surface area is 144 Å². The number of aromatic nitrogens is 1. The van der Waals surface area contributed by atoms with Crippen LogP contribution in [0.15, 0.2) is 42.6 Å². The maximum atomic E-state index is 13.1. The van der Waals surface area contributed by atoms with Gasteiger partial charge in [0.15, 0.2) is 0 Å². The SMILES string of the molecule is CC(C)C(NC(=O)C(=O)Nc1ccc(F)c(Cl)c1)c1ccccn1. The minimum absolute atomic E-state index is 0.0388. The lowest BCUT2D eigenvalue weighted by Crippen LogP contribution is -2.39. The second-order valence-corrected chi connectivity index (χ2v) is 5.94. The van der Waals surface area contributed by atoms with Crippen molar-refractivity contribution in [2.24, 2.45) is 5.92 Å². The van der Waals surface area contributed by atoms with Gasteiger partial charge in [0.05, 0.1) is 16.8 Å². The van der Waals surface area contributed by atoms with E-state index in [1.54, 1.807) is 18.3 Å². The zero-order valence-corrected chi connectivity index (χ0v) is 14.0. The third kappa shape index (κ3) is 4.52. The van der Waals surface area contributed by atoms with Crippen molar-refractivity contribution in [2.45, 2.75) is 19.9 Å². The maximum Gasteiger partial charge on any atom is 0.313 e. The average Bonchev–Trinajstić information content (AvgIpc) is 2.56. The molecule has 1 atom stereocenters. The van der Waals surface area contributed by atoms with Gasteiger partial charge < -0.3 is 10.6 Å². The molecule has 0 aliphatic carbocycles. The number of amides is 2. The molecule has 0 aliphatic heterocycles. The van der Waals surface area contributed by atoms with Gasteiger partial charge in [0.1, 0.15) is 5.82 Å². The highest BCUT2D eigenvalue weighted by Gasteiger charge is 2.23. The van der Waals surface area contributed by atoms with Gasteiger partial charge in [0.25, 0.3) is 0 Å². The topological polar surface area (TPSA) is 71.1 Å². The Bertz CT molecular complexity index is 738. The molecule has 0 fully saturated rings. The molecule has 1 unspecified atom stereocenters. The molecule has 0 saturated heterocycles. The average molecular weight is 350 g/mol.